The van der Waals surface area contributed by atoms with Crippen molar-refractivity contribution in [1.82, 2.24) is 4.98 Å². The number of nitrogens with zero attached hydrogens (tertiary/aromatic N) is 1. The minimum Gasteiger partial charge on any atom is -0.494 e. The molecule has 0 bridgehead atoms. The highest BCUT2D eigenvalue weighted by molar-refractivity contribution is 5.49. The Bertz CT molecular complexity index is 538. The first-order chi connectivity index (χ1) is 9.19. The topological polar surface area (TPSA) is 60.2 Å². The molecule has 0 aliphatic carbocycles. The predicted octanol–water partition coefficient (Wildman–Crippen LogP) is 2.98. The largest absolute Gasteiger partial charge is 0.494 e. The van der Waals surface area contributed by atoms with Crippen molar-refractivity contribution in [3.63, 3.8) is 0 Å². The Hall–Kier alpha value is -2.23. The lowest BCUT2D eigenvalue weighted by Gasteiger charge is -2.08. The zero-order valence-electron chi connectivity index (χ0n) is 11.3. The van der Waals surface area contributed by atoms with E-state index in [9.17, 15) is 0 Å². The molecule has 0 unspecified atom stereocenters. The van der Waals surface area contributed by atoms with Gasteiger partial charge in [0, 0.05) is 6.54 Å². The lowest BCUT2D eigenvalue weighted by atomic mass is 10.2. The highest BCUT2D eigenvalue weighted by Gasteiger charge is 1.99. The number of aryl methyl sites for hydroxylation is 1. The molecule has 0 amide bonds. The molecule has 0 fully saturated rings. The Morgan fingerprint density at radius 2 is 1.89 bits per heavy atom. The Balaban J connectivity index is 1.96. The van der Waals surface area contributed by atoms with Crippen LogP contribution in [0.2, 0.25) is 0 Å². The molecule has 2 rings (SSSR count). The Morgan fingerprint density at radius 3 is 2.53 bits per heavy atom. The van der Waals surface area contributed by atoms with E-state index in [0.717, 1.165) is 23.8 Å². The number of nitrogens with two attached hydrogens (primary N) is 1. The molecule has 2 aromatic rings. The molecule has 4 nitrogen and oxygen atoms in total. The fourth-order valence-corrected chi connectivity index (χ4v) is 1.73. The number of hydrogen-bond donors (Lipinski definition) is 2. The summed E-state index contributed by atoms with van der Waals surface area (Å²) in [5, 5.41) is 3.27. The number of pyridine rings is 1. The summed E-state index contributed by atoms with van der Waals surface area (Å²) >= 11 is 0. The number of anilines is 2. The van der Waals surface area contributed by atoms with Crippen molar-refractivity contribution in [1.29, 1.82) is 0 Å². The quantitative estimate of drug-likeness (QED) is 0.864. The molecule has 100 valence electrons. The first-order valence-corrected chi connectivity index (χ1v) is 6.37. The predicted molar refractivity (Wildman–Crippen MR) is 78.3 cm³/mol. The fraction of sp³-hybridized carbons (Fsp3) is 0.267. The van der Waals surface area contributed by atoms with E-state index in [4.69, 9.17) is 10.5 Å². The number of rotatable bonds is 5. The second-order valence-corrected chi connectivity index (χ2v) is 4.30. The van der Waals surface area contributed by atoms with Crippen LogP contribution in [-0.4, -0.2) is 11.6 Å². The van der Waals surface area contributed by atoms with Gasteiger partial charge in [-0.05, 0) is 43.7 Å². The molecule has 19 heavy (non-hydrogen) atoms. The average molecular weight is 257 g/mol. The summed E-state index contributed by atoms with van der Waals surface area (Å²) in [7, 11) is 0. The van der Waals surface area contributed by atoms with Gasteiger partial charge in [-0.1, -0.05) is 12.1 Å². The summed E-state index contributed by atoms with van der Waals surface area (Å²) < 4.78 is 5.41. The molecule has 4 heteroatoms. The van der Waals surface area contributed by atoms with E-state index in [1.165, 1.54) is 5.56 Å². The van der Waals surface area contributed by atoms with Gasteiger partial charge in [-0.3, -0.25) is 0 Å². The third-order valence-electron chi connectivity index (χ3n) is 2.83. The van der Waals surface area contributed by atoms with Crippen molar-refractivity contribution in [3.8, 4) is 5.75 Å². The van der Waals surface area contributed by atoms with Gasteiger partial charge in [0.05, 0.1) is 18.0 Å². The molecule has 1 heterocycles. The van der Waals surface area contributed by atoms with E-state index in [-0.39, 0.29) is 0 Å². The first kappa shape index (κ1) is 13.2. The third kappa shape index (κ3) is 3.61. The second-order valence-electron chi connectivity index (χ2n) is 4.30. The molecule has 0 aliphatic rings. The van der Waals surface area contributed by atoms with E-state index < -0.39 is 0 Å². The lowest BCUT2D eigenvalue weighted by molar-refractivity contribution is 0.340. The van der Waals surface area contributed by atoms with Crippen molar-refractivity contribution in [2.75, 3.05) is 17.7 Å². The van der Waals surface area contributed by atoms with Crippen molar-refractivity contribution < 1.29 is 4.74 Å². The van der Waals surface area contributed by atoms with Crippen LogP contribution < -0.4 is 15.8 Å². The molecule has 0 radical (unpaired) electrons. The van der Waals surface area contributed by atoms with Crippen LogP contribution in [0.4, 0.5) is 11.5 Å². The maximum absolute atomic E-state index is 5.74. The van der Waals surface area contributed by atoms with Crippen LogP contribution in [0.3, 0.4) is 0 Å². The minimum absolute atomic E-state index is 0.687. The number of nitrogen functional groups attached to an aromatic ring is 1. The summed E-state index contributed by atoms with van der Waals surface area (Å²) in [5.74, 6) is 1.73. The molecule has 1 aromatic heterocycles. The van der Waals surface area contributed by atoms with E-state index in [1.807, 2.05) is 50.2 Å². The summed E-state index contributed by atoms with van der Waals surface area (Å²) in [6, 6.07) is 11.8. The van der Waals surface area contributed by atoms with Crippen molar-refractivity contribution in [2.45, 2.75) is 20.4 Å². The van der Waals surface area contributed by atoms with Crippen LogP contribution >= 0.6 is 0 Å². The Kier molecular flexibility index (Phi) is 4.23. The minimum atomic E-state index is 0.687. The molecule has 0 spiro atoms. The molecular formula is C15H19N3O. The highest BCUT2D eigenvalue weighted by Crippen LogP contribution is 2.15. The van der Waals surface area contributed by atoms with Gasteiger partial charge in [-0.2, -0.15) is 0 Å². The normalized spacial score (nSPS) is 10.2. The lowest BCUT2D eigenvalue weighted by Crippen LogP contribution is -2.03. The van der Waals surface area contributed by atoms with Crippen LogP contribution in [0, 0.1) is 6.92 Å². The van der Waals surface area contributed by atoms with Crippen LogP contribution in [0.1, 0.15) is 18.2 Å². The molecule has 0 saturated heterocycles. The average Bonchev–Trinajstić information content (AvgIpc) is 2.42. The van der Waals surface area contributed by atoms with Gasteiger partial charge in [0.15, 0.2) is 0 Å². The molecule has 1 aromatic carbocycles. The summed E-state index contributed by atoms with van der Waals surface area (Å²) in [5.41, 5.74) is 8.48. The number of ether oxygens (including phenoxy) is 1. The number of nitrogens with one attached hydrogen (secondary N) is 1. The molecule has 0 saturated carbocycles. The number of benzene rings is 1. The van der Waals surface area contributed by atoms with E-state index in [2.05, 4.69) is 10.3 Å². The van der Waals surface area contributed by atoms with E-state index in [0.29, 0.717) is 12.3 Å². The van der Waals surface area contributed by atoms with E-state index >= 15 is 0 Å². The van der Waals surface area contributed by atoms with Crippen LogP contribution in [0.5, 0.6) is 5.75 Å². The number of hydrogen-bond acceptors (Lipinski definition) is 4. The van der Waals surface area contributed by atoms with Crippen LogP contribution in [-0.2, 0) is 6.54 Å². The monoisotopic (exact) mass is 257 g/mol. The SMILES string of the molecule is CCOc1ccc(CNc2ccc(N)c(C)n2)cc1. The van der Waals surface area contributed by atoms with Crippen molar-refractivity contribution in [2.24, 2.45) is 0 Å². The Labute approximate surface area is 113 Å². The van der Waals surface area contributed by atoms with Gasteiger partial charge in [-0.15, -0.1) is 0 Å². The van der Waals surface area contributed by atoms with Gasteiger partial charge < -0.3 is 15.8 Å². The van der Waals surface area contributed by atoms with Gasteiger partial charge in [0.1, 0.15) is 11.6 Å². The van der Waals surface area contributed by atoms with Gasteiger partial charge in [0.25, 0.3) is 0 Å². The van der Waals surface area contributed by atoms with Crippen LogP contribution in [0.25, 0.3) is 0 Å². The van der Waals surface area contributed by atoms with Crippen molar-refractivity contribution >= 4 is 11.5 Å². The Morgan fingerprint density at radius 1 is 1.16 bits per heavy atom. The summed E-state index contributed by atoms with van der Waals surface area (Å²) in [6.45, 7) is 5.29. The standard InChI is InChI=1S/C15H19N3O/c1-3-19-13-6-4-12(5-7-13)10-17-15-9-8-14(16)11(2)18-15/h4-9H,3,10,16H2,1-2H3,(H,17,18). The molecule has 0 atom stereocenters. The molecular weight excluding hydrogens is 238 g/mol. The summed E-state index contributed by atoms with van der Waals surface area (Å²) in [6.07, 6.45) is 0. The van der Waals surface area contributed by atoms with Crippen LogP contribution in [0.15, 0.2) is 36.4 Å². The number of aromatic nitrogens is 1. The van der Waals surface area contributed by atoms with Gasteiger partial charge in [0.2, 0.25) is 0 Å². The van der Waals surface area contributed by atoms with Crippen molar-refractivity contribution in [3.05, 3.63) is 47.7 Å². The highest BCUT2D eigenvalue weighted by atomic mass is 16.5. The second kappa shape index (κ2) is 6.09. The van der Waals surface area contributed by atoms with E-state index in [1.54, 1.807) is 0 Å². The summed E-state index contributed by atoms with van der Waals surface area (Å²) in [4.78, 5) is 4.37. The zero-order valence-corrected chi connectivity index (χ0v) is 11.3. The third-order valence-corrected chi connectivity index (χ3v) is 2.83. The fourth-order valence-electron chi connectivity index (χ4n) is 1.73. The maximum Gasteiger partial charge on any atom is 0.126 e. The smallest absolute Gasteiger partial charge is 0.126 e. The molecule has 3 N–H and O–H groups in total. The van der Waals surface area contributed by atoms with Gasteiger partial charge >= 0.3 is 0 Å². The van der Waals surface area contributed by atoms with Gasteiger partial charge in [-0.25, -0.2) is 4.98 Å². The molecule has 0 aliphatic heterocycles. The first-order valence-electron chi connectivity index (χ1n) is 6.37. The zero-order chi connectivity index (χ0) is 13.7. The maximum atomic E-state index is 5.74.